The van der Waals surface area contributed by atoms with E-state index in [-0.39, 0.29) is 11.6 Å². The molecule has 6 heteroatoms. The number of hydrogen-bond donors (Lipinski definition) is 1. The fraction of sp³-hybridized carbons (Fsp3) is 0.389. The van der Waals surface area contributed by atoms with E-state index in [0.29, 0.717) is 23.4 Å². The van der Waals surface area contributed by atoms with Crippen molar-refractivity contribution in [2.24, 2.45) is 7.05 Å². The van der Waals surface area contributed by atoms with Gasteiger partial charge in [-0.15, -0.1) is 0 Å². The Labute approximate surface area is 141 Å². The van der Waals surface area contributed by atoms with Gasteiger partial charge in [-0.1, -0.05) is 23.8 Å². The van der Waals surface area contributed by atoms with Crippen molar-refractivity contribution in [1.82, 2.24) is 24.6 Å². The highest BCUT2D eigenvalue weighted by molar-refractivity contribution is 5.72. The first-order valence-corrected chi connectivity index (χ1v) is 8.05. The molecule has 0 saturated carbocycles. The van der Waals surface area contributed by atoms with Crippen LogP contribution in [-0.2, 0) is 13.6 Å². The van der Waals surface area contributed by atoms with E-state index in [1.54, 1.807) is 17.9 Å². The number of nitrogens with zero attached hydrogens (tertiary/aromatic N) is 4. The van der Waals surface area contributed by atoms with Crippen LogP contribution >= 0.6 is 0 Å². The van der Waals surface area contributed by atoms with E-state index in [4.69, 9.17) is 0 Å². The largest absolute Gasteiger partial charge is 0.309 e. The second kappa shape index (κ2) is 6.20. The van der Waals surface area contributed by atoms with E-state index >= 15 is 0 Å². The molecule has 0 unspecified atom stereocenters. The highest BCUT2D eigenvalue weighted by Gasteiger charge is 2.16. The van der Waals surface area contributed by atoms with Gasteiger partial charge in [-0.25, -0.2) is 4.98 Å². The Morgan fingerprint density at radius 3 is 2.79 bits per heavy atom. The number of fused-ring (bicyclic) bond motifs is 1. The summed E-state index contributed by atoms with van der Waals surface area (Å²) in [6.45, 7) is 6.96. The number of hydrogen-bond acceptors (Lipinski definition) is 4. The maximum absolute atomic E-state index is 12.2. The molecule has 1 atom stereocenters. The second-order valence-electron chi connectivity index (χ2n) is 6.47. The highest BCUT2D eigenvalue weighted by atomic mass is 16.1. The fourth-order valence-electron chi connectivity index (χ4n) is 3.06. The van der Waals surface area contributed by atoms with Crippen molar-refractivity contribution in [3.63, 3.8) is 0 Å². The van der Waals surface area contributed by atoms with Crippen LogP contribution in [0.1, 0.15) is 35.5 Å². The molecule has 2 aromatic heterocycles. The molecule has 1 aromatic carbocycles. The Bertz CT molecular complexity index is 940. The number of aryl methyl sites for hydroxylation is 3. The molecule has 1 N–H and O–H groups in total. The van der Waals surface area contributed by atoms with Crippen molar-refractivity contribution < 1.29 is 0 Å². The van der Waals surface area contributed by atoms with E-state index in [1.807, 2.05) is 7.05 Å². The summed E-state index contributed by atoms with van der Waals surface area (Å²) in [6.07, 6.45) is 1.55. The van der Waals surface area contributed by atoms with Crippen LogP contribution in [0.25, 0.3) is 11.0 Å². The van der Waals surface area contributed by atoms with Crippen LogP contribution < -0.4 is 5.56 Å². The van der Waals surface area contributed by atoms with Crippen molar-refractivity contribution in [2.45, 2.75) is 33.4 Å². The van der Waals surface area contributed by atoms with Gasteiger partial charge in [-0.2, -0.15) is 5.10 Å². The lowest BCUT2D eigenvalue weighted by atomic mass is 9.99. The summed E-state index contributed by atoms with van der Waals surface area (Å²) in [5.74, 6) is 0.648. The molecule has 24 heavy (non-hydrogen) atoms. The first kappa shape index (κ1) is 16.4. The van der Waals surface area contributed by atoms with Crippen LogP contribution in [0, 0.1) is 13.8 Å². The monoisotopic (exact) mass is 325 g/mol. The molecule has 6 nitrogen and oxygen atoms in total. The van der Waals surface area contributed by atoms with Crippen LogP contribution in [0.4, 0.5) is 0 Å². The standard InChI is InChI=1S/C18H23N5O/c1-11-6-7-14(12(2)8-11)13(3)22(4)10-16-20-17-15(18(24)21-16)9-19-23(17)5/h6-9,13H,10H2,1-5H3,(H,20,21,24)/t13-/m1/s1. The molecular weight excluding hydrogens is 302 g/mol. The third-order valence-electron chi connectivity index (χ3n) is 4.59. The van der Waals surface area contributed by atoms with Gasteiger partial charge in [0.1, 0.15) is 11.2 Å². The van der Waals surface area contributed by atoms with Crippen LogP contribution in [0.5, 0.6) is 0 Å². The minimum absolute atomic E-state index is 0.143. The van der Waals surface area contributed by atoms with Crippen molar-refractivity contribution >= 4 is 11.0 Å². The number of nitrogens with one attached hydrogen (secondary N) is 1. The molecule has 0 amide bonds. The zero-order chi connectivity index (χ0) is 17.4. The van der Waals surface area contributed by atoms with Gasteiger partial charge >= 0.3 is 0 Å². The second-order valence-corrected chi connectivity index (χ2v) is 6.47. The summed E-state index contributed by atoms with van der Waals surface area (Å²) in [5.41, 5.74) is 4.29. The summed E-state index contributed by atoms with van der Waals surface area (Å²) in [4.78, 5) is 21.8. The lowest BCUT2D eigenvalue weighted by molar-refractivity contribution is 0.246. The fourth-order valence-corrected chi connectivity index (χ4v) is 3.06. The highest BCUT2D eigenvalue weighted by Crippen LogP contribution is 2.24. The molecule has 3 aromatic rings. The normalized spacial score (nSPS) is 12.9. The number of aromatic nitrogens is 4. The Morgan fingerprint density at radius 2 is 2.08 bits per heavy atom. The van der Waals surface area contributed by atoms with Crippen LogP contribution in [-0.4, -0.2) is 31.7 Å². The van der Waals surface area contributed by atoms with E-state index < -0.39 is 0 Å². The molecule has 2 heterocycles. The van der Waals surface area contributed by atoms with E-state index in [1.165, 1.54) is 16.7 Å². The lowest BCUT2D eigenvalue weighted by Gasteiger charge is -2.26. The smallest absolute Gasteiger partial charge is 0.262 e. The molecule has 0 aliphatic heterocycles. The number of rotatable bonds is 4. The molecule has 0 aliphatic carbocycles. The Morgan fingerprint density at radius 1 is 1.33 bits per heavy atom. The SMILES string of the molecule is Cc1ccc([C@@H](C)N(C)Cc2nc3c(cnn3C)c(=O)[nH]2)c(C)c1. The average Bonchev–Trinajstić information content (AvgIpc) is 2.88. The van der Waals surface area contributed by atoms with Gasteiger partial charge in [-0.05, 0) is 38.9 Å². The third-order valence-corrected chi connectivity index (χ3v) is 4.59. The lowest BCUT2D eigenvalue weighted by Crippen LogP contribution is -2.25. The number of aromatic amines is 1. The van der Waals surface area contributed by atoms with Crippen molar-refractivity contribution in [3.8, 4) is 0 Å². The summed E-state index contributed by atoms with van der Waals surface area (Å²) in [5, 5.41) is 4.62. The van der Waals surface area contributed by atoms with Gasteiger partial charge in [0.15, 0.2) is 5.65 Å². The molecule has 0 bridgehead atoms. The molecule has 0 spiro atoms. The maximum atomic E-state index is 12.2. The molecule has 0 aliphatic rings. The Kier molecular flexibility index (Phi) is 4.24. The minimum Gasteiger partial charge on any atom is -0.309 e. The Hall–Kier alpha value is -2.47. The third kappa shape index (κ3) is 2.97. The van der Waals surface area contributed by atoms with Crippen LogP contribution in [0.3, 0.4) is 0 Å². The zero-order valence-corrected chi connectivity index (χ0v) is 14.8. The minimum atomic E-state index is -0.143. The quantitative estimate of drug-likeness (QED) is 0.800. The van der Waals surface area contributed by atoms with E-state index in [2.05, 4.69) is 58.9 Å². The van der Waals surface area contributed by atoms with Gasteiger partial charge in [0.05, 0.1) is 12.7 Å². The number of benzene rings is 1. The molecule has 0 fully saturated rings. The Balaban J connectivity index is 1.87. The first-order chi connectivity index (χ1) is 11.4. The van der Waals surface area contributed by atoms with Gasteiger partial charge in [0.25, 0.3) is 5.56 Å². The summed E-state index contributed by atoms with van der Waals surface area (Å²) < 4.78 is 1.63. The van der Waals surface area contributed by atoms with Gasteiger partial charge in [0, 0.05) is 13.1 Å². The van der Waals surface area contributed by atoms with Gasteiger partial charge in [0.2, 0.25) is 0 Å². The van der Waals surface area contributed by atoms with Crippen molar-refractivity contribution in [1.29, 1.82) is 0 Å². The number of H-pyrrole nitrogens is 1. The van der Waals surface area contributed by atoms with Crippen LogP contribution in [0.15, 0.2) is 29.2 Å². The molecule has 126 valence electrons. The summed E-state index contributed by atoms with van der Waals surface area (Å²) in [6, 6.07) is 6.72. The molecule has 0 saturated heterocycles. The topological polar surface area (TPSA) is 66.8 Å². The van der Waals surface area contributed by atoms with Crippen molar-refractivity contribution in [3.05, 3.63) is 57.3 Å². The van der Waals surface area contributed by atoms with Crippen LogP contribution in [0.2, 0.25) is 0 Å². The molecule has 3 rings (SSSR count). The molecule has 0 radical (unpaired) electrons. The summed E-state index contributed by atoms with van der Waals surface area (Å²) in [7, 11) is 3.83. The zero-order valence-electron chi connectivity index (χ0n) is 14.8. The molecular formula is C18H23N5O. The summed E-state index contributed by atoms with van der Waals surface area (Å²) >= 11 is 0. The van der Waals surface area contributed by atoms with Gasteiger partial charge in [-0.3, -0.25) is 14.4 Å². The predicted molar refractivity (Wildman–Crippen MR) is 94.9 cm³/mol. The van der Waals surface area contributed by atoms with Crippen molar-refractivity contribution in [2.75, 3.05) is 7.05 Å². The average molecular weight is 325 g/mol. The van der Waals surface area contributed by atoms with E-state index in [9.17, 15) is 4.79 Å². The first-order valence-electron chi connectivity index (χ1n) is 8.05. The van der Waals surface area contributed by atoms with E-state index in [0.717, 1.165) is 0 Å². The van der Waals surface area contributed by atoms with Gasteiger partial charge < -0.3 is 4.98 Å². The maximum Gasteiger partial charge on any atom is 0.262 e. The predicted octanol–water partition coefficient (Wildman–Crippen LogP) is 2.47.